The van der Waals surface area contributed by atoms with Crippen LogP contribution in [0.2, 0.25) is 0 Å². The lowest BCUT2D eigenvalue weighted by molar-refractivity contribution is -0.192. The number of aliphatic carboxylic acids is 1. The number of amides is 1. The van der Waals surface area contributed by atoms with Gasteiger partial charge < -0.3 is 15.7 Å². The fourth-order valence-electron chi connectivity index (χ4n) is 4.91. The number of carbonyl (C=O) groups excluding carboxylic acids is 1. The molecule has 1 saturated heterocycles. The summed E-state index contributed by atoms with van der Waals surface area (Å²) in [5.41, 5.74) is 11.5. The van der Waals surface area contributed by atoms with Crippen molar-refractivity contribution in [3.8, 4) is 0 Å². The Morgan fingerprint density at radius 1 is 1.08 bits per heavy atom. The molecule has 1 aliphatic heterocycles. The number of hydrogen-bond acceptors (Lipinski definition) is 4. The van der Waals surface area contributed by atoms with E-state index in [0.717, 1.165) is 51.0 Å². The number of fused-ring (bicyclic) bond motifs is 1. The Balaban J connectivity index is 0.000000454. The monoisotopic (exact) mass is 505 g/mol. The fraction of sp³-hybridized carbons (Fsp3) is 0.481. The maximum atomic E-state index is 12.6. The van der Waals surface area contributed by atoms with Gasteiger partial charge in [-0.3, -0.25) is 9.69 Å². The van der Waals surface area contributed by atoms with Gasteiger partial charge in [0.25, 0.3) is 0 Å². The molecule has 196 valence electrons. The summed E-state index contributed by atoms with van der Waals surface area (Å²) < 4.78 is 31.7. The largest absolute Gasteiger partial charge is 0.490 e. The molecule has 1 aliphatic carbocycles. The van der Waals surface area contributed by atoms with Crippen molar-refractivity contribution in [2.45, 2.75) is 70.3 Å². The Morgan fingerprint density at radius 2 is 1.72 bits per heavy atom. The second kappa shape index (κ2) is 12.4. The zero-order chi connectivity index (χ0) is 26.3. The molecule has 9 heteroatoms. The lowest BCUT2D eigenvalue weighted by Gasteiger charge is -2.38. The van der Waals surface area contributed by atoms with Crippen LogP contribution in [-0.2, 0) is 22.6 Å². The molecule has 0 bridgehead atoms. The normalized spacial score (nSPS) is 18.5. The Labute approximate surface area is 209 Å². The van der Waals surface area contributed by atoms with Crippen LogP contribution in [0, 0.1) is 0 Å². The molecule has 36 heavy (non-hydrogen) atoms. The number of rotatable bonds is 5. The molecule has 0 spiro atoms. The number of para-hydroxylation sites is 1. The van der Waals surface area contributed by atoms with E-state index in [4.69, 9.17) is 15.6 Å². The van der Waals surface area contributed by atoms with Crippen molar-refractivity contribution in [2.75, 3.05) is 18.0 Å². The van der Waals surface area contributed by atoms with Crippen molar-refractivity contribution >= 4 is 17.6 Å². The van der Waals surface area contributed by atoms with E-state index < -0.39 is 12.1 Å². The summed E-state index contributed by atoms with van der Waals surface area (Å²) in [7, 11) is 0. The number of piperidine rings is 1. The number of aryl methyl sites for hydroxylation is 1. The van der Waals surface area contributed by atoms with E-state index in [2.05, 4.69) is 35.2 Å². The molecule has 4 rings (SSSR count). The van der Waals surface area contributed by atoms with Gasteiger partial charge in [0.15, 0.2) is 0 Å². The number of carbonyl (C=O) groups is 2. The van der Waals surface area contributed by atoms with Crippen LogP contribution in [0.4, 0.5) is 18.9 Å². The number of halogens is 3. The highest BCUT2D eigenvalue weighted by Crippen LogP contribution is 2.30. The first-order valence-corrected chi connectivity index (χ1v) is 12.4. The first kappa shape index (κ1) is 27.7. The van der Waals surface area contributed by atoms with Gasteiger partial charge in [-0.2, -0.15) is 13.2 Å². The number of carboxylic acids is 1. The van der Waals surface area contributed by atoms with Gasteiger partial charge in [-0.05, 0) is 60.9 Å². The Morgan fingerprint density at radius 3 is 2.31 bits per heavy atom. The quantitative estimate of drug-likeness (QED) is 0.593. The topological polar surface area (TPSA) is 86.9 Å². The van der Waals surface area contributed by atoms with Gasteiger partial charge in [-0.15, -0.1) is 0 Å². The van der Waals surface area contributed by atoms with Crippen molar-refractivity contribution in [1.82, 2.24) is 4.90 Å². The average Bonchev–Trinajstić information content (AvgIpc) is 2.86. The van der Waals surface area contributed by atoms with Gasteiger partial charge in [-0.25, -0.2) is 4.79 Å². The average molecular weight is 506 g/mol. The van der Waals surface area contributed by atoms with Gasteiger partial charge in [0.05, 0.1) is 0 Å². The number of likely N-dealkylation sites (tertiary alicyclic amines) is 1. The molecule has 6 nitrogen and oxygen atoms in total. The van der Waals surface area contributed by atoms with E-state index in [1.807, 2.05) is 30.0 Å². The number of nitrogens with two attached hydrogens (primary N) is 1. The summed E-state index contributed by atoms with van der Waals surface area (Å²) in [6.07, 6.45) is 0.974. The van der Waals surface area contributed by atoms with E-state index in [1.54, 1.807) is 0 Å². The standard InChI is InChI=1S/C25H33N3O.C2HF3O2/c1-2-25(29)28(21-8-4-3-5-9-21)22-13-15-27(16-14-22)18-19-11-12-23-20(17-19)7-6-10-24(23)26;3-2(4,5)1(6)7/h3-5,8-9,11-12,17,22,24H,2,6-7,10,13-16,18,26H2,1H3;(H,6,7)/t24-;/m1./s1. The molecule has 2 aromatic carbocycles. The number of alkyl halides is 3. The van der Waals surface area contributed by atoms with Crippen LogP contribution >= 0.6 is 0 Å². The van der Waals surface area contributed by atoms with Crippen LogP contribution in [0.15, 0.2) is 48.5 Å². The summed E-state index contributed by atoms with van der Waals surface area (Å²) in [5, 5.41) is 7.12. The number of anilines is 1. The predicted molar refractivity (Wildman–Crippen MR) is 133 cm³/mol. The SMILES string of the molecule is CCC(=O)N(c1ccccc1)C1CCN(Cc2ccc3c(c2)CCC[C@H]3N)CC1.O=C(O)C(F)(F)F. The first-order chi connectivity index (χ1) is 17.1. The van der Waals surface area contributed by atoms with Crippen molar-refractivity contribution in [3.63, 3.8) is 0 Å². The van der Waals surface area contributed by atoms with E-state index in [0.29, 0.717) is 12.5 Å². The summed E-state index contributed by atoms with van der Waals surface area (Å²) >= 11 is 0. The molecule has 1 heterocycles. The van der Waals surface area contributed by atoms with Gasteiger partial charge in [-0.1, -0.05) is 43.3 Å². The van der Waals surface area contributed by atoms with Gasteiger partial charge >= 0.3 is 12.1 Å². The van der Waals surface area contributed by atoms with Crippen LogP contribution in [0.3, 0.4) is 0 Å². The molecule has 0 unspecified atom stereocenters. The van der Waals surface area contributed by atoms with Gasteiger partial charge in [0, 0.05) is 43.8 Å². The molecule has 0 radical (unpaired) electrons. The molecule has 2 aromatic rings. The van der Waals surface area contributed by atoms with Crippen LogP contribution in [-0.4, -0.2) is 47.2 Å². The minimum atomic E-state index is -5.08. The lowest BCUT2D eigenvalue weighted by Crippen LogP contribution is -2.47. The molecule has 3 N–H and O–H groups in total. The van der Waals surface area contributed by atoms with Crippen molar-refractivity contribution < 1.29 is 27.9 Å². The molecular weight excluding hydrogens is 471 g/mol. The van der Waals surface area contributed by atoms with Gasteiger partial charge in [0.1, 0.15) is 0 Å². The fourth-order valence-corrected chi connectivity index (χ4v) is 4.91. The number of carboxylic acid groups (broad SMARTS) is 1. The predicted octanol–water partition coefficient (Wildman–Crippen LogP) is 5.06. The van der Waals surface area contributed by atoms with E-state index in [1.165, 1.54) is 23.1 Å². The Kier molecular flexibility index (Phi) is 9.50. The van der Waals surface area contributed by atoms with Gasteiger partial charge in [0.2, 0.25) is 5.91 Å². The minimum absolute atomic E-state index is 0.212. The third-order valence-electron chi connectivity index (χ3n) is 6.74. The molecule has 0 saturated carbocycles. The van der Waals surface area contributed by atoms with Crippen LogP contribution in [0.5, 0.6) is 0 Å². The molecule has 1 amide bonds. The summed E-state index contributed by atoms with van der Waals surface area (Å²) in [5.74, 6) is -2.53. The highest BCUT2D eigenvalue weighted by atomic mass is 19.4. The molecule has 1 fully saturated rings. The van der Waals surface area contributed by atoms with Crippen LogP contribution in [0.1, 0.15) is 61.8 Å². The minimum Gasteiger partial charge on any atom is -0.475 e. The third kappa shape index (κ3) is 7.30. The van der Waals surface area contributed by atoms with Crippen LogP contribution in [0.25, 0.3) is 0 Å². The Bertz CT molecular complexity index is 1020. The summed E-state index contributed by atoms with van der Waals surface area (Å²) in [4.78, 5) is 26.1. The van der Waals surface area contributed by atoms with E-state index in [-0.39, 0.29) is 11.9 Å². The third-order valence-corrected chi connectivity index (χ3v) is 6.74. The van der Waals surface area contributed by atoms with E-state index >= 15 is 0 Å². The molecular formula is C27H34F3N3O3. The second-order valence-electron chi connectivity index (χ2n) is 9.29. The van der Waals surface area contributed by atoms with Crippen molar-refractivity contribution in [3.05, 3.63) is 65.2 Å². The molecule has 0 aromatic heterocycles. The highest BCUT2D eigenvalue weighted by molar-refractivity contribution is 5.93. The maximum absolute atomic E-state index is 12.6. The summed E-state index contributed by atoms with van der Waals surface area (Å²) in [6, 6.07) is 17.5. The lowest BCUT2D eigenvalue weighted by atomic mass is 9.87. The number of nitrogens with zero attached hydrogens (tertiary/aromatic N) is 2. The summed E-state index contributed by atoms with van der Waals surface area (Å²) in [6.45, 7) is 5.00. The molecule has 2 aliphatic rings. The number of hydrogen-bond donors (Lipinski definition) is 2. The van der Waals surface area contributed by atoms with E-state index in [9.17, 15) is 18.0 Å². The zero-order valence-electron chi connectivity index (χ0n) is 20.5. The van der Waals surface area contributed by atoms with Crippen LogP contribution < -0.4 is 10.6 Å². The zero-order valence-corrected chi connectivity index (χ0v) is 20.5. The van der Waals surface area contributed by atoms with Crippen molar-refractivity contribution in [2.24, 2.45) is 5.73 Å². The number of benzene rings is 2. The molecule has 1 atom stereocenters. The second-order valence-corrected chi connectivity index (χ2v) is 9.29. The smallest absolute Gasteiger partial charge is 0.475 e. The van der Waals surface area contributed by atoms with Crippen molar-refractivity contribution in [1.29, 1.82) is 0 Å². The Hall–Kier alpha value is -2.91. The highest BCUT2D eigenvalue weighted by Gasteiger charge is 2.38. The first-order valence-electron chi connectivity index (χ1n) is 12.4. The maximum Gasteiger partial charge on any atom is 0.490 e.